The summed E-state index contributed by atoms with van der Waals surface area (Å²) in [5.74, 6) is -0.0387. The zero-order chi connectivity index (χ0) is 19.6. The number of fused-ring (bicyclic) bond motifs is 1. The van der Waals surface area contributed by atoms with Crippen molar-refractivity contribution in [2.24, 2.45) is 0 Å². The van der Waals surface area contributed by atoms with E-state index < -0.39 is 30.7 Å². The lowest BCUT2D eigenvalue weighted by Gasteiger charge is -2.15. The lowest BCUT2D eigenvalue weighted by Crippen LogP contribution is -2.20. The van der Waals surface area contributed by atoms with Crippen molar-refractivity contribution in [2.75, 3.05) is 6.61 Å². The predicted molar refractivity (Wildman–Crippen MR) is 92.6 cm³/mol. The Morgan fingerprint density at radius 3 is 2.70 bits per heavy atom. The monoisotopic (exact) mass is 399 g/mol. The van der Waals surface area contributed by atoms with Crippen molar-refractivity contribution in [1.82, 2.24) is 14.5 Å². The molecule has 10 heteroatoms. The summed E-state index contributed by atoms with van der Waals surface area (Å²) in [6.45, 7) is -0.260. The molecule has 144 valence electrons. The summed E-state index contributed by atoms with van der Waals surface area (Å²) in [7, 11) is 0. The van der Waals surface area contributed by atoms with E-state index in [-0.39, 0.29) is 16.7 Å². The lowest BCUT2D eigenvalue weighted by molar-refractivity contribution is -0.153. The number of ether oxygens (including phenoxy) is 1. The molecule has 1 aromatic carbocycles. The van der Waals surface area contributed by atoms with Crippen molar-refractivity contribution in [1.29, 1.82) is 0 Å². The van der Waals surface area contributed by atoms with Crippen molar-refractivity contribution in [2.45, 2.75) is 30.7 Å². The van der Waals surface area contributed by atoms with Crippen LogP contribution < -0.4 is 4.74 Å². The molecule has 0 bridgehead atoms. The molecule has 6 nitrogen and oxygen atoms in total. The Kier molecular flexibility index (Phi) is 5.59. The molecular formula is C17H16F3N3O3S. The van der Waals surface area contributed by atoms with E-state index in [1.165, 1.54) is 16.8 Å². The van der Waals surface area contributed by atoms with Crippen LogP contribution in [0.25, 0.3) is 11.0 Å². The zero-order valence-electron chi connectivity index (χ0n) is 14.2. The van der Waals surface area contributed by atoms with Crippen LogP contribution in [0.15, 0.2) is 41.7 Å². The van der Waals surface area contributed by atoms with Gasteiger partial charge in [-0.2, -0.15) is 18.2 Å². The van der Waals surface area contributed by atoms with Crippen LogP contribution in [0.1, 0.15) is 11.3 Å². The molecule has 0 unspecified atom stereocenters. The van der Waals surface area contributed by atoms with Gasteiger partial charge in [-0.3, -0.25) is 9.55 Å². The molecule has 0 aliphatic carbocycles. The van der Waals surface area contributed by atoms with Crippen molar-refractivity contribution < 1.29 is 27.6 Å². The standard InChI is InChI=1S/C17H16F3N3O3S/c1-11-13(21-7-6-15(11)26-9-17(18,19)20)8-27(25)16-22-12-4-2-3-5-14(12)23(16)10-24/h2-7,24H,8-10H2,1H3/t27-/m1/s1. The highest BCUT2D eigenvalue weighted by molar-refractivity contribution is 7.90. The highest BCUT2D eigenvalue weighted by atomic mass is 32.2. The number of imidazole rings is 1. The van der Waals surface area contributed by atoms with Crippen LogP contribution in [0, 0.1) is 6.92 Å². The first-order valence-electron chi connectivity index (χ1n) is 7.88. The van der Waals surface area contributed by atoms with Crippen molar-refractivity contribution >= 4 is 22.2 Å². The fourth-order valence-electron chi connectivity index (χ4n) is 2.57. The van der Waals surface area contributed by atoms with Gasteiger partial charge in [0.25, 0.3) is 0 Å². The van der Waals surface area contributed by atoms with Gasteiger partial charge in [0.2, 0.25) is 0 Å². The van der Waals surface area contributed by atoms with Gasteiger partial charge in [-0.1, -0.05) is 12.1 Å². The summed E-state index contributed by atoms with van der Waals surface area (Å²) >= 11 is -1.67. The molecule has 2 heterocycles. The van der Waals surface area contributed by atoms with Gasteiger partial charge in [0.05, 0.1) is 16.7 Å². The first-order chi connectivity index (χ1) is 12.8. The maximum absolute atomic E-state index is 12.8. The zero-order valence-corrected chi connectivity index (χ0v) is 15.0. The Balaban J connectivity index is 1.85. The van der Waals surface area contributed by atoms with E-state index in [2.05, 4.69) is 9.97 Å². The predicted octanol–water partition coefficient (Wildman–Crippen LogP) is 2.94. The summed E-state index contributed by atoms with van der Waals surface area (Å²) < 4.78 is 56.1. The highest BCUT2D eigenvalue weighted by Gasteiger charge is 2.29. The number of benzene rings is 1. The van der Waals surface area contributed by atoms with Gasteiger partial charge in [0, 0.05) is 22.9 Å². The number of aromatic nitrogens is 3. The van der Waals surface area contributed by atoms with Crippen LogP contribution in [0.2, 0.25) is 0 Å². The number of hydrogen-bond donors (Lipinski definition) is 1. The number of alkyl halides is 3. The van der Waals surface area contributed by atoms with E-state index in [0.29, 0.717) is 22.3 Å². The molecule has 0 radical (unpaired) electrons. The quantitative estimate of drug-likeness (QED) is 0.645. The van der Waals surface area contributed by atoms with E-state index in [4.69, 9.17) is 4.74 Å². The SMILES string of the molecule is Cc1c(OCC(F)(F)F)ccnc1C[S@@+]([O-])c1nc2ccccc2n1CO. The lowest BCUT2D eigenvalue weighted by atomic mass is 10.2. The highest BCUT2D eigenvalue weighted by Crippen LogP contribution is 2.27. The van der Waals surface area contributed by atoms with E-state index in [1.807, 2.05) is 0 Å². The van der Waals surface area contributed by atoms with Crippen molar-refractivity contribution in [3.63, 3.8) is 0 Å². The fraction of sp³-hybridized carbons (Fsp3) is 0.294. The van der Waals surface area contributed by atoms with Gasteiger partial charge in [0.1, 0.15) is 12.5 Å². The van der Waals surface area contributed by atoms with E-state index >= 15 is 0 Å². The molecule has 27 heavy (non-hydrogen) atoms. The van der Waals surface area contributed by atoms with Crippen molar-refractivity contribution in [3.8, 4) is 5.75 Å². The largest absolute Gasteiger partial charge is 0.609 e. The Bertz CT molecular complexity index is 946. The molecule has 0 spiro atoms. The van der Waals surface area contributed by atoms with Gasteiger partial charge >= 0.3 is 11.3 Å². The summed E-state index contributed by atoms with van der Waals surface area (Å²) in [6.07, 6.45) is -3.15. The normalized spacial score (nSPS) is 13.1. The molecule has 0 saturated heterocycles. The van der Waals surface area contributed by atoms with Crippen LogP contribution in [-0.2, 0) is 23.7 Å². The first-order valence-corrected chi connectivity index (χ1v) is 9.20. The summed E-state index contributed by atoms with van der Waals surface area (Å²) in [5, 5.41) is 9.78. The Hall–Kier alpha value is -2.30. The average molecular weight is 399 g/mol. The second-order valence-corrected chi connectivity index (χ2v) is 7.07. The molecule has 0 saturated carbocycles. The van der Waals surface area contributed by atoms with Gasteiger partial charge in [-0.05, 0) is 25.1 Å². The minimum atomic E-state index is -4.45. The Labute approximate surface area is 155 Å². The number of rotatable bonds is 6. The van der Waals surface area contributed by atoms with E-state index in [0.717, 1.165) is 0 Å². The molecule has 3 aromatic rings. The molecule has 1 atom stereocenters. The van der Waals surface area contributed by atoms with E-state index in [1.54, 1.807) is 31.2 Å². The molecule has 0 fully saturated rings. The average Bonchev–Trinajstić information content (AvgIpc) is 3.00. The second kappa shape index (κ2) is 7.75. The van der Waals surface area contributed by atoms with Crippen molar-refractivity contribution in [3.05, 3.63) is 47.8 Å². The van der Waals surface area contributed by atoms with Crippen LogP contribution >= 0.6 is 0 Å². The topological polar surface area (TPSA) is 83.2 Å². The maximum atomic E-state index is 12.8. The number of aliphatic hydroxyl groups excluding tert-OH is 1. The molecule has 0 amide bonds. The third-order valence-corrected chi connectivity index (χ3v) is 5.14. The number of nitrogens with zero attached hydrogens (tertiary/aromatic N) is 3. The van der Waals surface area contributed by atoms with E-state index in [9.17, 15) is 22.8 Å². The molecule has 0 aliphatic rings. The van der Waals surface area contributed by atoms with Crippen LogP contribution in [0.3, 0.4) is 0 Å². The van der Waals surface area contributed by atoms with Crippen LogP contribution in [0.4, 0.5) is 13.2 Å². The number of hydrogen-bond acceptors (Lipinski definition) is 5. The second-order valence-electron chi connectivity index (χ2n) is 5.73. The minimum absolute atomic E-state index is 0.0324. The molecular weight excluding hydrogens is 383 g/mol. The molecule has 0 aliphatic heterocycles. The first kappa shape index (κ1) is 19.5. The molecule has 2 aromatic heterocycles. The number of para-hydroxylation sites is 2. The number of pyridine rings is 1. The van der Waals surface area contributed by atoms with Crippen LogP contribution in [0.5, 0.6) is 5.75 Å². The fourth-order valence-corrected chi connectivity index (χ4v) is 3.84. The number of aliphatic hydroxyl groups is 1. The third kappa shape index (κ3) is 4.34. The van der Waals surface area contributed by atoms with Crippen LogP contribution in [-0.4, -0.2) is 37.0 Å². The minimum Gasteiger partial charge on any atom is -0.609 e. The van der Waals surface area contributed by atoms with Gasteiger partial charge in [0.15, 0.2) is 12.4 Å². The number of halogens is 3. The maximum Gasteiger partial charge on any atom is 0.422 e. The Morgan fingerprint density at radius 2 is 2.00 bits per heavy atom. The van der Waals surface area contributed by atoms with Gasteiger partial charge < -0.3 is 14.4 Å². The Morgan fingerprint density at radius 1 is 1.26 bits per heavy atom. The molecule has 1 N–H and O–H groups in total. The summed E-state index contributed by atoms with van der Waals surface area (Å²) in [5.41, 5.74) is 1.93. The molecule has 3 rings (SSSR count). The third-order valence-electron chi connectivity index (χ3n) is 3.88. The van der Waals surface area contributed by atoms with Gasteiger partial charge in [-0.25, -0.2) is 0 Å². The van der Waals surface area contributed by atoms with Gasteiger partial charge in [-0.15, -0.1) is 0 Å². The summed E-state index contributed by atoms with van der Waals surface area (Å²) in [6, 6.07) is 8.36. The summed E-state index contributed by atoms with van der Waals surface area (Å²) in [4.78, 5) is 8.40. The smallest absolute Gasteiger partial charge is 0.422 e.